The third-order valence-electron chi connectivity index (χ3n) is 2.74. The second-order valence-electron chi connectivity index (χ2n) is 4.10. The van der Waals surface area contributed by atoms with Crippen molar-refractivity contribution in [1.82, 2.24) is 0 Å². The van der Waals surface area contributed by atoms with Gasteiger partial charge in [0.25, 0.3) is 5.69 Å². The van der Waals surface area contributed by atoms with Gasteiger partial charge in [0.05, 0.1) is 15.0 Å². The van der Waals surface area contributed by atoms with Crippen molar-refractivity contribution >= 4 is 43.8 Å². The first kappa shape index (κ1) is 15.7. The number of para-hydroxylation sites is 1. The van der Waals surface area contributed by atoms with Crippen LogP contribution < -0.4 is 4.74 Å². The minimum Gasteiger partial charge on any atom is -0.487 e. The summed E-state index contributed by atoms with van der Waals surface area (Å²) in [6.45, 7) is 0.183. The van der Waals surface area contributed by atoms with Crippen molar-refractivity contribution in [2.75, 3.05) is 0 Å². The Morgan fingerprint density at radius 1 is 1.19 bits per heavy atom. The number of non-ortho nitro benzene ring substituents is 1. The Bertz CT molecular complexity index is 703. The summed E-state index contributed by atoms with van der Waals surface area (Å²) in [7, 11) is 0. The molecule has 0 bridgehead atoms. The number of carbonyl (C=O) groups is 1. The van der Waals surface area contributed by atoms with E-state index in [2.05, 4.69) is 31.9 Å². The molecule has 0 radical (unpaired) electrons. The van der Waals surface area contributed by atoms with Crippen molar-refractivity contribution in [3.05, 3.63) is 66.6 Å². The van der Waals surface area contributed by atoms with Gasteiger partial charge in [-0.25, -0.2) is 0 Å². The monoisotopic (exact) mass is 413 g/mol. The van der Waals surface area contributed by atoms with Crippen LogP contribution >= 0.6 is 31.9 Å². The molecule has 0 aliphatic heterocycles. The van der Waals surface area contributed by atoms with E-state index in [9.17, 15) is 14.9 Å². The third kappa shape index (κ3) is 3.68. The Kier molecular flexibility index (Phi) is 5.08. The lowest BCUT2D eigenvalue weighted by Gasteiger charge is -2.11. The molecule has 0 spiro atoms. The van der Waals surface area contributed by atoms with E-state index in [-0.39, 0.29) is 12.3 Å². The van der Waals surface area contributed by atoms with E-state index >= 15 is 0 Å². The highest BCUT2D eigenvalue weighted by atomic mass is 79.9. The Morgan fingerprint density at radius 3 is 2.57 bits per heavy atom. The van der Waals surface area contributed by atoms with E-state index in [0.717, 1.165) is 5.56 Å². The molecular formula is C14H9Br2NO4. The maximum atomic E-state index is 11.0. The van der Waals surface area contributed by atoms with Gasteiger partial charge in [0, 0.05) is 22.2 Å². The molecule has 0 amide bonds. The van der Waals surface area contributed by atoms with Crippen LogP contribution in [0, 0.1) is 10.1 Å². The van der Waals surface area contributed by atoms with E-state index in [0.29, 0.717) is 26.5 Å². The van der Waals surface area contributed by atoms with Gasteiger partial charge in [-0.15, -0.1) is 0 Å². The molecule has 0 saturated carbocycles. The fourth-order valence-corrected chi connectivity index (χ4v) is 2.66. The molecule has 0 N–H and O–H groups in total. The molecule has 0 unspecified atom stereocenters. The Labute approximate surface area is 137 Å². The van der Waals surface area contributed by atoms with Crippen molar-refractivity contribution in [1.29, 1.82) is 0 Å². The largest absolute Gasteiger partial charge is 0.487 e. The number of benzene rings is 2. The summed E-state index contributed by atoms with van der Waals surface area (Å²) in [5, 5.41) is 10.7. The van der Waals surface area contributed by atoms with E-state index in [1.165, 1.54) is 12.1 Å². The second kappa shape index (κ2) is 6.82. The van der Waals surface area contributed by atoms with Crippen LogP contribution in [0.5, 0.6) is 5.75 Å². The summed E-state index contributed by atoms with van der Waals surface area (Å²) in [6, 6.07) is 9.59. The molecule has 21 heavy (non-hydrogen) atoms. The Morgan fingerprint density at radius 2 is 1.95 bits per heavy atom. The molecule has 7 heteroatoms. The number of nitrogens with zero attached hydrogens (tertiary/aromatic N) is 1. The van der Waals surface area contributed by atoms with Gasteiger partial charge in [0.1, 0.15) is 12.4 Å². The number of carbonyl (C=O) groups excluding carboxylic acids is 1. The summed E-state index contributed by atoms with van der Waals surface area (Å²) in [5.41, 5.74) is 1.18. The maximum absolute atomic E-state index is 11.0. The molecule has 0 aliphatic rings. The highest BCUT2D eigenvalue weighted by molar-refractivity contribution is 9.10. The molecule has 5 nitrogen and oxygen atoms in total. The quantitative estimate of drug-likeness (QED) is 0.410. The van der Waals surface area contributed by atoms with Gasteiger partial charge in [-0.2, -0.15) is 0 Å². The van der Waals surface area contributed by atoms with Gasteiger partial charge in [-0.3, -0.25) is 14.9 Å². The summed E-state index contributed by atoms with van der Waals surface area (Å²) in [4.78, 5) is 21.2. The number of hydrogen-bond acceptors (Lipinski definition) is 4. The van der Waals surface area contributed by atoms with Crippen LogP contribution in [-0.4, -0.2) is 11.2 Å². The third-order valence-corrected chi connectivity index (χ3v) is 4.11. The predicted molar refractivity (Wildman–Crippen MR) is 84.7 cm³/mol. The summed E-state index contributed by atoms with van der Waals surface area (Å²) in [6.07, 6.45) is 0.713. The minimum atomic E-state index is -0.465. The first-order chi connectivity index (χ1) is 10.0. The van der Waals surface area contributed by atoms with Crippen molar-refractivity contribution < 1.29 is 14.5 Å². The highest BCUT2D eigenvalue weighted by Gasteiger charge is 2.12. The topological polar surface area (TPSA) is 69.4 Å². The molecule has 0 aromatic heterocycles. The molecule has 2 aromatic rings. The molecule has 0 fully saturated rings. The van der Waals surface area contributed by atoms with E-state index in [4.69, 9.17) is 4.74 Å². The zero-order valence-electron chi connectivity index (χ0n) is 10.6. The fraction of sp³-hybridized carbons (Fsp3) is 0.0714. The zero-order chi connectivity index (χ0) is 15.4. The lowest BCUT2D eigenvalue weighted by molar-refractivity contribution is -0.384. The van der Waals surface area contributed by atoms with Gasteiger partial charge in [0.15, 0.2) is 6.29 Å². The number of hydrogen-bond donors (Lipinski definition) is 0. The van der Waals surface area contributed by atoms with Crippen LogP contribution in [0.1, 0.15) is 15.9 Å². The standard InChI is InChI=1S/C14H9Br2NO4/c15-12-3-1-2-9(7-18)14(12)21-8-10-4-5-11(17(19)20)6-13(10)16/h1-7H,8H2. The van der Waals surface area contributed by atoms with Crippen molar-refractivity contribution in [2.45, 2.75) is 6.61 Å². The molecule has 0 heterocycles. The smallest absolute Gasteiger partial charge is 0.270 e. The Hall–Kier alpha value is -1.73. The lowest BCUT2D eigenvalue weighted by Crippen LogP contribution is -2.00. The molecule has 0 atom stereocenters. The predicted octanol–water partition coefficient (Wildman–Crippen LogP) is 4.51. The van der Waals surface area contributed by atoms with Crippen LogP contribution in [0.25, 0.3) is 0 Å². The molecule has 2 rings (SSSR count). The zero-order valence-corrected chi connectivity index (χ0v) is 13.8. The van der Waals surface area contributed by atoms with Gasteiger partial charge in [0.2, 0.25) is 0 Å². The molecule has 0 aliphatic carbocycles. The number of halogens is 2. The average Bonchev–Trinajstić information content (AvgIpc) is 2.46. The molecule has 108 valence electrons. The minimum absolute atomic E-state index is 0.0000900. The van der Waals surface area contributed by atoms with Gasteiger partial charge in [-0.1, -0.05) is 22.0 Å². The van der Waals surface area contributed by atoms with Crippen LogP contribution in [-0.2, 0) is 6.61 Å². The van der Waals surface area contributed by atoms with Crippen LogP contribution in [0.3, 0.4) is 0 Å². The van der Waals surface area contributed by atoms with Crippen LogP contribution in [0.15, 0.2) is 45.3 Å². The van der Waals surface area contributed by atoms with E-state index in [1.807, 2.05) is 0 Å². The number of ether oxygens (including phenoxy) is 1. The average molecular weight is 415 g/mol. The highest BCUT2D eigenvalue weighted by Crippen LogP contribution is 2.30. The van der Waals surface area contributed by atoms with Crippen LogP contribution in [0.4, 0.5) is 5.69 Å². The normalized spacial score (nSPS) is 10.2. The first-order valence-corrected chi connectivity index (χ1v) is 7.41. The Balaban J connectivity index is 2.21. The summed E-state index contributed by atoms with van der Waals surface area (Å²) < 4.78 is 6.90. The second-order valence-corrected chi connectivity index (χ2v) is 5.81. The van der Waals surface area contributed by atoms with Gasteiger partial charge < -0.3 is 4.74 Å². The van der Waals surface area contributed by atoms with Gasteiger partial charge >= 0.3 is 0 Å². The van der Waals surface area contributed by atoms with Crippen molar-refractivity contribution in [3.63, 3.8) is 0 Å². The molecule has 2 aromatic carbocycles. The van der Waals surface area contributed by atoms with Crippen molar-refractivity contribution in [3.8, 4) is 5.75 Å². The molecular weight excluding hydrogens is 406 g/mol. The maximum Gasteiger partial charge on any atom is 0.270 e. The molecule has 0 saturated heterocycles. The van der Waals surface area contributed by atoms with Crippen molar-refractivity contribution in [2.24, 2.45) is 0 Å². The van der Waals surface area contributed by atoms with E-state index in [1.54, 1.807) is 24.3 Å². The number of nitro benzene ring substituents is 1. The summed E-state index contributed by atoms with van der Waals surface area (Å²) in [5.74, 6) is 0.442. The fourth-order valence-electron chi connectivity index (χ4n) is 1.69. The van der Waals surface area contributed by atoms with E-state index < -0.39 is 4.92 Å². The first-order valence-electron chi connectivity index (χ1n) is 5.82. The lowest BCUT2D eigenvalue weighted by atomic mass is 10.2. The summed E-state index contributed by atoms with van der Waals surface area (Å²) >= 11 is 6.60. The number of aldehydes is 1. The number of nitro groups is 1. The SMILES string of the molecule is O=Cc1cccc(Br)c1OCc1ccc([N+](=O)[O-])cc1Br. The number of rotatable bonds is 5. The van der Waals surface area contributed by atoms with Crippen LogP contribution in [0.2, 0.25) is 0 Å². The van der Waals surface area contributed by atoms with Gasteiger partial charge in [-0.05, 0) is 34.1 Å².